The first-order valence-corrected chi connectivity index (χ1v) is 8.49. The van der Waals surface area contributed by atoms with Crippen molar-refractivity contribution in [1.82, 2.24) is 9.80 Å². The van der Waals surface area contributed by atoms with Gasteiger partial charge in [-0.1, -0.05) is 6.42 Å². The van der Waals surface area contributed by atoms with E-state index < -0.39 is 0 Å². The Bertz CT molecular complexity index is 325. The van der Waals surface area contributed by atoms with Gasteiger partial charge in [0, 0.05) is 44.9 Å². The number of fused-ring (bicyclic) bond motifs is 1. The molecule has 2 N–H and O–H groups in total. The molecule has 0 spiro atoms. The van der Waals surface area contributed by atoms with Gasteiger partial charge in [0.2, 0.25) is 0 Å². The highest BCUT2D eigenvalue weighted by molar-refractivity contribution is 5.00. The van der Waals surface area contributed by atoms with Crippen molar-refractivity contribution in [2.75, 3.05) is 39.8 Å². The fourth-order valence-corrected chi connectivity index (χ4v) is 4.68. The van der Waals surface area contributed by atoms with Gasteiger partial charge in [0.15, 0.2) is 0 Å². The van der Waals surface area contributed by atoms with Crippen LogP contribution in [0.1, 0.15) is 44.9 Å². The van der Waals surface area contributed by atoms with Crippen LogP contribution < -0.4 is 5.73 Å². The first-order chi connectivity index (χ1) is 9.77. The van der Waals surface area contributed by atoms with E-state index in [-0.39, 0.29) is 5.54 Å². The summed E-state index contributed by atoms with van der Waals surface area (Å²) in [5.41, 5.74) is 6.45. The molecule has 3 aliphatic rings. The van der Waals surface area contributed by atoms with Gasteiger partial charge in [-0.3, -0.25) is 9.80 Å². The lowest BCUT2D eigenvalue weighted by Crippen LogP contribution is -2.65. The minimum absolute atomic E-state index is 0.211. The zero-order valence-electron chi connectivity index (χ0n) is 13.0. The minimum Gasteiger partial charge on any atom is -0.381 e. The second kappa shape index (κ2) is 6.30. The van der Waals surface area contributed by atoms with Crippen LogP contribution in [0.5, 0.6) is 0 Å². The molecule has 2 heterocycles. The van der Waals surface area contributed by atoms with E-state index in [0.717, 1.165) is 19.0 Å². The molecule has 20 heavy (non-hydrogen) atoms. The Morgan fingerprint density at radius 2 is 2.05 bits per heavy atom. The molecular formula is C16H31N3O. The van der Waals surface area contributed by atoms with Crippen molar-refractivity contribution < 1.29 is 4.74 Å². The van der Waals surface area contributed by atoms with Gasteiger partial charge in [-0.2, -0.15) is 0 Å². The molecule has 0 aromatic heterocycles. The molecule has 3 unspecified atom stereocenters. The fraction of sp³-hybridized carbons (Fsp3) is 1.00. The molecule has 116 valence electrons. The maximum Gasteiger partial charge on any atom is 0.0589 e. The molecule has 0 aromatic rings. The summed E-state index contributed by atoms with van der Waals surface area (Å²) in [5.74, 6) is 0. The summed E-state index contributed by atoms with van der Waals surface area (Å²) in [7, 11) is 1.86. The number of hydrogen-bond donors (Lipinski definition) is 1. The lowest BCUT2D eigenvalue weighted by molar-refractivity contribution is -0.0593. The fourth-order valence-electron chi connectivity index (χ4n) is 4.68. The number of rotatable bonds is 3. The van der Waals surface area contributed by atoms with Crippen molar-refractivity contribution in [3.8, 4) is 0 Å². The van der Waals surface area contributed by atoms with Crippen LogP contribution >= 0.6 is 0 Å². The second-order valence-electron chi connectivity index (χ2n) is 7.01. The predicted octanol–water partition coefficient (Wildman–Crippen LogP) is 1.44. The molecule has 1 saturated carbocycles. The summed E-state index contributed by atoms with van der Waals surface area (Å²) in [4.78, 5) is 5.44. The van der Waals surface area contributed by atoms with E-state index in [1.807, 2.05) is 7.11 Å². The van der Waals surface area contributed by atoms with Gasteiger partial charge in [0.1, 0.15) is 0 Å². The Hall–Kier alpha value is -0.160. The summed E-state index contributed by atoms with van der Waals surface area (Å²) in [6.45, 7) is 5.77. The highest BCUT2D eigenvalue weighted by atomic mass is 16.5. The molecule has 3 atom stereocenters. The van der Waals surface area contributed by atoms with Crippen molar-refractivity contribution in [3.63, 3.8) is 0 Å². The van der Waals surface area contributed by atoms with Gasteiger partial charge in [-0.15, -0.1) is 0 Å². The van der Waals surface area contributed by atoms with Crippen LogP contribution in [0.2, 0.25) is 0 Å². The first kappa shape index (κ1) is 14.8. The van der Waals surface area contributed by atoms with Crippen LogP contribution in [0.3, 0.4) is 0 Å². The minimum atomic E-state index is 0.211. The molecule has 3 rings (SSSR count). The highest BCUT2D eigenvalue weighted by Gasteiger charge is 2.43. The van der Waals surface area contributed by atoms with E-state index in [2.05, 4.69) is 9.80 Å². The third-order valence-electron chi connectivity index (χ3n) is 6.00. The Labute approximate surface area is 123 Å². The molecule has 1 aliphatic carbocycles. The molecule has 0 radical (unpaired) electrons. The zero-order chi connectivity index (χ0) is 14.0. The summed E-state index contributed by atoms with van der Waals surface area (Å²) < 4.78 is 5.65. The van der Waals surface area contributed by atoms with Gasteiger partial charge >= 0.3 is 0 Å². The van der Waals surface area contributed by atoms with Crippen LogP contribution in [-0.2, 0) is 4.74 Å². The standard InChI is InChI=1S/C16H31N3O/c1-20-15-6-4-7-16(11-15,13-17)19-10-9-18-8-3-2-5-14(18)12-19/h14-15H,2-13,17H2,1H3. The highest BCUT2D eigenvalue weighted by Crippen LogP contribution is 2.36. The van der Waals surface area contributed by atoms with Gasteiger partial charge < -0.3 is 10.5 Å². The van der Waals surface area contributed by atoms with Crippen molar-refractivity contribution >= 4 is 0 Å². The van der Waals surface area contributed by atoms with Crippen LogP contribution in [0, 0.1) is 0 Å². The number of piperazine rings is 1. The second-order valence-corrected chi connectivity index (χ2v) is 7.01. The third kappa shape index (κ3) is 2.76. The molecule has 4 nitrogen and oxygen atoms in total. The Morgan fingerprint density at radius 3 is 2.85 bits per heavy atom. The monoisotopic (exact) mass is 281 g/mol. The summed E-state index contributed by atoms with van der Waals surface area (Å²) in [6.07, 6.45) is 9.46. The maximum atomic E-state index is 6.24. The number of nitrogens with zero attached hydrogens (tertiary/aromatic N) is 2. The Morgan fingerprint density at radius 1 is 1.15 bits per heavy atom. The van der Waals surface area contributed by atoms with Gasteiger partial charge in [0.05, 0.1) is 6.10 Å². The van der Waals surface area contributed by atoms with Crippen LogP contribution in [0.4, 0.5) is 0 Å². The van der Waals surface area contributed by atoms with Gasteiger partial charge in [-0.25, -0.2) is 0 Å². The smallest absolute Gasteiger partial charge is 0.0589 e. The number of nitrogens with two attached hydrogens (primary N) is 1. The first-order valence-electron chi connectivity index (χ1n) is 8.49. The molecule has 0 amide bonds. The molecule has 2 aliphatic heterocycles. The molecular weight excluding hydrogens is 250 g/mol. The SMILES string of the molecule is COC1CCCC(CN)(N2CCN3CCCCC3C2)C1. The maximum absolute atomic E-state index is 6.24. The number of ether oxygens (including phenoxy) is 1. The van der Waals surface area contributed by atoms with Gasteiger partial charge in [0.25, 0.3) is 0 Å². The lowest BCUT2D eigenvalue weighted by atomic mass is 9.77. The van der Waals surface area contributed by atoms with Crippen molar-refractivity contribution in [1.29, 1.82) is 0 Å². The Kier molecular flexibility index (Phi) is 4.65. The molecule has 4 heteroatoms. The molecule has 3 fully saturated rings. The number of methoxy groups -OCH3 is 1. The van der Waals surface area contributed by atoms with E-state index in [1.165, 1.54) is 64.7 Å². The zero-order valence-corrected chi connectivity index (χ0v) is 13.0. The average Bonchev–Trinajstić information content (AvgIpc) is 2.54. The normalized spacial score (nSPS) is 40.5. The molecule has 0 aromatic carbocycles. The Balaban J connectivity index is 1.69. The van der Waals surface area contributed by atoms with Crippen molar-refractivity contribution in [3.05, 3.63) is 0 Å². The quantitative estimate of drug-likeness (QED) is 0.850. The van der Waals surface area contributed by atoms with Crippen molar-refractivity contribution in [2.45, 2.75) is 62.6 Å². The number of hydrogen-bond acceptors (Lipinski definition) is 4. The molecule has 2 saturated heterocycles. The number of piperidine rings is 1. The van der Waals surface area contributed by atoms with Crippen LogP contribution in [0.25, 0.3) is 0 Å². The predicted molar refractivity (Wildman–Crippen MR) is 81.8 cm³/mol. The van der Waals surface area contributed by atoms with Crippen LogP contribution in [-0.4, -0.2) is 67.3 Å². The van der Waals surface area contributed by atoms with Crippen molar-refractivity contribution in [2.24, 2.45) is 5.73 Å². The topological polar surface area (TPSA) is 41.7 Å². The average molecular weight is 281 g/mol. The lowest BCUT2D eigenvalue weighted by Gasteiger charge is -2.54. The van der Waals surface area contributed by atoms with E-state index in [4.69, 9.17) is 10.5 Å². The third-order valence-corrected chi connectivity index (χ3v) is 6.00. The van der Waals surface area contributed by atoms with E-state index in [1.54, 1.807) is 0 Å². The van der Waals surface area contributed by atoms with E-state index >= 15 is 0 Å². The van der Waals surface area contributed by atoms with E-state index in [9.17, 15) is 0 Å². The van der Waals surface area contributed by atoms with Crippen LogP contribution in [0.15, 0.2) is 0 Å². The van der Waals surface area contributed by atoms with Gasteiger partial charge in [-0.05, 0) is 45.1 Å². The largest absolute Gasteiger partial charge is 0.381 e. The summed E-state index contributed by atoms with van der Waals surface area (Å²) in [5, 5.41) is 0. The molecule has 0 bridgehead atoms. The summed E-state index contributed by atoms with van der Waals surface area (Å²) in [6, 6.07) is 0.781. The summed E-state index contributed by atoms with van der Waals surface area (Å²) >= 11 is 0. The van der Waals surface area contributed by atoms with E-state index in [0.29, 0.717) is 6.10 Å².